The van der Waals surface area contributed by atoms with E-state index in [1.54, 1.807) is 46.0 Å². The van der Waals surface area contributed by atoms with E-state index in [1.807, 2.05) is 12.1 Å². The topological polar surface area (TPSA) is 102 Å². The highest BCUT2D eigenvalue weighted by Crippen LogP contribution is 2.26. The lowest BCUT2D eigenvalue weighted by Gasteiger charge is -2.16. The van der Waals surface area contributed by atoms with Crippen LogP contribution in [-0.2, 0) is 22.7 Å². The molecule has 11 heteroatoms. The van der Waals surface area contributed by atoms with Gasteiger partial charge in [-0.3, -0.25) is 19.0 Å². The van der Waals surface area contributed by atoms with Crippen LogP contribution < -0.4 is 15.8 Å². The summed E-state index contributed by atoms with van der Waals surface area (Å²) < 4.78 is 3.09. The zero-order valence-electron chi connectivity index (χ0n) is 19.1. The summed E-state index contributed by atoms with van der Waals surface area (Å²) in [5.74, 6) is -0.749. The van der Waals surface area contributed by atoms with Crippen LogP contribution in [-0.4, -0.2) is 44.2 Å². The van der Waals surface area contributed by atoms with Crippen LogP contribution in [0.1, 0.15) is 12.0 Å². The van der Waals surface area contributed by atoms with E-state index < -0.39 is 5.92 Å². The third-order valence-corrected chi connectivity index (χ3v) is 6.61. The molecular formula is C25H22Cl2N6O3. The molecule has 5 rings (SSSR count). The smallest absolute Gasteiger partial charge is 0.264 e. The number of hydrogen-bond donors (Lipinski definition) is 1. The fourth-order valence-corrected chi connectivity index (χ4v) is 4.63. The molecule has 36 heavy (non-hydrogen) atoms. The fraction of sp³-hybridized carbons (Fsp3) is 0.240. The van der Waals surface area contributed by atoms with Crippen LogP contribution in [0, 0.1) is 5.92 Å². The van der Waals surface area contributed by atoms with Gasteiger partial charge in [0.25, 0.3) is 5.56 Å². The summed E-state index contributed by atoms with van der Waals surface area (Å²) in [5.41, 5.74) is 1.85. The van der Waals surface area contributed by atoms with E-state index in [9.17, 15) is 14.4 Å². The normalized spacial score (nSPS) is 15.6. The zero-order chi connectivity index (χ0) is 25.2. The van der Waals surface area contributed by atoms with Gasteiger partial charge in [0.05, 0.1) is 25.2 Å². The predicted octanol–water partition coefficient (Wildman–Crippen LogP) is 3.12. The molecule has 2 amide bonds. The van der Waals surface area contributed by atoms with E-state index in [4.69, 9.17) is 23.2 Å². The molecule has 0 aliphatic carbocycles. The van der Waals surface area contributed by atoms with E-state index in [2.05, 4.69) is 15.4 Å². The molecule has 0 spiro atoms. The van der Waals surface area contributed by atoms with Crippen LogP contribution in [0.15, 0.2) is 65.8 Å². The molecule has 9 nitrogen and oxygen atoms in total. The number of halogens is 2. The average molecular weight is 525 g/mol. The van der Waals surface area contributed by atoms with Gasteiger partial charge < -0.3 is 10.2 Å². The number of anilines is 1. The Bertz CT molecular complexity index is 1500. The van der Waals surface area contributed by atoms with Crippen molar-refractivity contribution in [2.45, 2.75) is 19.5 Å². The van der Waals surface area contributed by atoms with Crippen LogP contribution >= 0.6 is 23.2 Å². The van der Waals surface area contributed by atoms with Crippen LogP contribution in [0.2, 0.25) is 10.0 Å². The minimum atomic E-state index is -0.445. The Morgan fingerprint density at radius 2 is 1.89 bits per heavy atom. The average Bonchev–Trinajstić information content (AvgIpc) is 3.45. The van der Waals surface area contributed by atoms with Crippen LogP contribution in [0.4, 0.5) is 5.69 Å². The molecule has 1 unspecified atom stereocenters. The van der Waals surface area contributed by atoms with Gasteiger partial charge in [-0.1, -0.05) is 35.3 Å². The van der Waals surface area contributed by atoms with Crippen molar-refractivity contribution in [3.05, 3.63) is 87.0 Å². The third kappa shape index (κ3) is 4.98. The van der Waals surface area contributed by atoms with E-state index in [0.717, 1.165) is 11.3 Å². The van der Waals surface area contributed by atoms with Crippen molar-refractivity contribution < 1.29 is 9.59 Å². The molecule has 0 saturated carbocycles. The summed E-state index contributed by atoms with van der Waals surface area (Å²) in [5, 5.41) is 8.73. The Morgan fingerprint density at radius 3 is 2.67 bits per heavy atom. The zero-order valence-corrected chi connectivity index (χ0v) is 20.6. The maximum Gasteiger partial charge on any atom is 0.264 e. The molecule has 1 atom stereocenters. The molecule has 2 aromatic carbocycles. The number of carbonyl (C=O) groups excluding carboxylic acids is 2. The van der Waals surface area contributed by atoms with E-state index in [0.29, 0.717) is 40.7 Å². The molecule has 3 heterocycles. The minimum Gasteiger partial charge on any atom is -0.354 e. The van der Waals surface area contributed by atoms with Gasteiger partial charge in [-0.15, -0.1) is 0 Å². The fourth-order valence-electron chi connectivity index (χ4n) is 4.29. The first kappa shape index (κ1) is 24.0. The van der Waals surface area contributed by atoms with Crippen molar-refractivity contribution in [1.82, 2.24) is 24.6 Å². The van der Waals surface area contributed by atoms with Crippen LogP contribution in [0.3, 0.4) is 0 Å². The van der Waals surface area contributed by atoms with Crippen molar-refractivity contribution in [3.63, 3.8) is 0 Å². The van der Waals surface area contributed by atoms with Gasteiger partial charge in [0.15, 0.2) is 5.65 Å². The SMILES string of the molecule is O=C(NCCn1ncc2c(=O)n(Cc3cccc(Cl)c3)cnc21)C1CC(=O)N(c2ccc(Cl)cc2)C1. The number of rotatable bonds is 7. The molecule has 2 aromatic heterocycles. The number of amides is 2. The first-order valence-corrected chi connectivity index (χ1v) is 12.1. The first-order valence-electron chi connectivity index (χ1n) is 11.4. The van der Waals surface area contributed by atoms with Crippen LogP contribution in [0.25, 0.3) is 11.0 Å². The summed E-state index contributed by atoms with van der Waals surface area (Å²) in [7, 11) is 0. The van der Waals surface area contributed by atoms with Gasteiger partial charge in [0.1, 0.15) is 11.7 Å². The van der Waals surface area contributed by atoms with Crippen molar-refractivity contribution >= 4 is 51.7 Å². The highest BCUT2D eigenvalue weighted by atomic mass is 35.5. The molecular weight excluding hydrogens is 503 g/mol. The molecule has 0 radical (unpaired) electrons. The van der Waals surface area contributed by atoms with E-state index >= 15 is 0 Å². The first-order chi connectivity index (χ1) is 17.4. The summed E-state index contributed by atoms with van der Waals surface area (Å²) in [6.07, 6.45) is 3.12. The molecule has 1 aliphatic rings. The van der Waals surface area contributed by atoms with Gasteiger partial charge >= 0.3 is 0 Å². The van der Waals surface area contributed by atoms with Crippen molar-refractivity contribution in [2.75, 3.05) is 18.0 Å². The summed E-state index contributed by atoms with van der Waals surface area (Å²) in [6, 6.07) is 14.3. The summed E-state index contributed by atoms with van der Waals surface area (Å²) in [4.78, 5) is 44.0. The molecule has 184 valence electrons. The largest absolute Gasteiger partial charge is 0.354 e. The predicted molar refractivity (Wildman–Crippen MR) is 137 cm³/mol. The molecule has 1 saturated heterocycles. The Kier molecular flexibility index (Phi) is 6.75. The number of carbonyl (C=O) groups is 2. The van der Waals surface area contributed by atoms with Gasteiger partial charge in [-0.2, -0.15) is 5.10 Å². The van der Waals surface area contributed by atoms with Crippen LogP contribution in [0.5, 0.6) is 0 Å². The maximum absolute atomic E-state index is 12.9. The second kappa shape index (κ2) is 10.1. The lowest BCUT2D eigenvalue weighted by molar-refractivity contribution is -0.126. The highest BCUT2D eigenvalue weighted by molar-refractivity contribution is 6.30. The van der Waals surface area contributed by atoms with Gasteiger partial charge in [0, 0.05) is 35.2 Å². The standard InChI is InChI=1S/C25H22Cl2N6O3/c26-18-4-6-20(7-5-18)32-14-17(11-22(32)34)24(35)28-8-9-33-23-21(12-30-33)25(36)31(15-29-23)13-16-2-1-3-19(27)10-16/h1-7,10,12,15,17H,8-9,11,13-14H2,(H,28,35). The third-order valence-electron chi connectivity index (χ3n) is 6.12. The number of aromatic nitrogens is 4. The monoisotopic (exact) mass is 524 g/mol. The Balaban J connectivity index is 1.20. The van der Waals surface area contributed by atoms with Crippen molar-refractivity contribution in [3.8, 4) is 0 Å². The second-order valence-electron chi connectivity index (χ2n) is 8.59. The lowest BCUT2D eigenvalue weighted by atomic mass is 10.1. The number of hydrogen-bond acceptors (Lipinski definition) is 5. The van der Waals surface area contributed by atoms with Crippen molar-refractivity contribution in [1.29, 1.82) is 0 Å². The van der Waals surface area contributed by atoms with E-state index in [1.165, 1.54) is 17.1 Å². The number of nitrogens with one attached hydrogen (secondary N) is 1. The minimum absolute atomic E-state index is 0.103. The molecule has 1 N–H and O–H groups in total. The maximum atomic E-state index is 12.9. The lowest BCUT2D eigenvalue weighted by Crippen LogP contribution is -2.35. The summed E-state index contributed by atoms with van der Waals surface area (Å²) in [6.45, 7) is 1.28. The molecule has 1 fully saturated rings. The Labute approximate surface area is 216 Å². The molecule has 0 bridgehead atoms. The van der Waals surface area contributed by atoms with E-state index in [-0.39, 0.29) is 30.3 Å². The van der Waals surface area contributed by atoms with Crippen molar-refractivity contribution in [2.24, 2.45) is 5.92 Å². The Morgan fingerprint density at radius 1 is 1.08 bits per heavy atom. The van der Waals surface area contributed by atoms with Gasteiger partial charge in [-0.25, -0.2) is 9.67 Å². The number of nitrogens with zero attached hydrogens (tertiary/aromatic N) is 5. The number of fused-ring (bicyclic) bond motifs is 1. The summed E-state index contributed by atoms with van der Waals surface area (Å²) >= 11 is 12.0. The van der Waals surface area contributed by atoms with Gasteiger partial charge in [-0.05, 0) is 42.0 Å². The quantitative estimate of drug-likeness (QED) is 0.400. The second-order valence-corrected chi connectivity index (χ2v) is 9.46. The Hall–Kier alpha value is -3.69. The molecule has 4 aromatic rings. The number of benzene rings is 2. The molecule has 1 aliphatic heterocycles. The highest BCUT2D eigenvalue weighted by Gasteiger charge is 2.35. The van der Waals surface area contributed by atoms with Gasteiger partial charge in [0.2, 0.25) is 11.8 Å².